The van der Waals surface area contributed by atoms with Crippen LogP contribution in [0.15, 0.2) is 18.3 Å². The van der Waals surface area contributed by atoms with Gasteiger partial charge in [-0.2, -0.15) is 0 Å². The van der Waals surface area contributed by atoms with Crippen molar-refractivity contribution in [3.63, 3.8) is 0 Å². The fourth-order valence-corrected chi connectivity index (χ4v) is 2.23. The summed E-state index contributed by atoms with van der Waals surface area (Å²) in [6, 6.07) is 3.85. The first-order chi connectivity index (χ1) is 7.99. The monoisotopic (exact) mass is 251 g/mol. The van der Waals surface area contributed by atoms with Crippen molar-refractivity contribution in [3.8, 4) is 0 Å². The highest BCUT2D eigenvalue weighted by Gasteiger charge is 2.28. The summed E-state index contributed by atoms with van der Waals surface area (Å²) in [5, 5.41) is 9.92. The van der Waals surface area contributed by atoms with Crippen molar-refractivity contribution in [2.45, 2.75) is 25.4 Å². The van der Waals surface area contributed by atoms with Crippen molar-refractivity contribution in [2.24, 2.45) is 5.73 Å². The average molecular weight is 251 g/mol. The first-order valence-electron chi connectivity index (χ1n) is 5.72. The van der Waals surface area contributed by atoms with Crippen LogP contribution in [0.1, 0.15) is 25.5 Å². The van der Waals surface area contributed by atoms with Crippen LogP contribution >= 0.6 is 12.2 Å². The van der Waals surface area contributed by atoms with Crippen LogP contribution in [0.5, 0.6) is 0 Å². The zero-order chi connectivity index (χ0) is 12.5. The standard InChI is InChI=1S/C12H17N3OS/c1-12(16)4-7-15(8-5-12)9-3-2-6-14-10(9)11(13)17/h2-3,6,16H,4-5,7-8H2,1H3,(H2,13,17). The summed E-state index contributed by atoms with van der Waals surface area (Å²) in [6.07, 6.45) is 3.19. The summed E-state index contributed by atoms with van der Waals surface area (Å²) >= 11 is 5.00. The molecule has 0 radical (unpaired) electrons. The van der Waals surface area contributed by atoms with E-state index in [1.54, 1.807) is 6.20 Å². The minimum atomic E-state index is -0.553. The highest BCUT2D eigenvalue weighted by atomic mass is 32.1. The summed E-state index contributed by atoms with van der Waals surface area (Å²) in [5.41, 5.74) is 6.75. The second-order valence-corrected chi connectivity index (χ2v) is 5.16. The zero-order valence-electron chi connectivity index (χ0n) is 9.89. The molecular weight excluding hydrogens is 234 g/mol. The molecule has 0 saturated carbocycles. The Morgan fingerprint density at radius 3 is 2.76 bits per heavy atom. The normalized spacial score (nSPS) is 19.1. The van der Waals surface area contributed by atoms with Gasteiger partial charge < -0.3 is 15.7 Å². The predicted octanol–water partition coefficient (Wildman–Crippen LogP) is 1.07. The number of piperidine rings is 1. The smallest absolute Gasteiger partial charge is 0.124 e. The highest BCUT2D eigenvalue weighted by molar-refractivity contribution is 7.80. The third-order valence-corrected chi connectivity index (χ3v) is 3.39. The van der Waals surface area contributed by atoms with E-state index < -0.39 is 5.60 Å². The maximum atomic E-state index is 9.92. The Morgan fingerprint density at radius 1 is 1.53 bits per heavy atom. The van der Waals surface area contributed by atoms with Gasteiger partial charge in [0.2, 0.25) is 0 Å². The molecule has 0 bridgehead atoms. The molecule has 0 aromatic carbocycles. The van der Waals surface area contributed by atoms with Crippen molar-refractivity contribution in [1.82, 2.24) is 4.98 Å². The van der Waals surface area contributed by atoms with Crippen molar-refractivity contribution in [3.05, 3.63) is 24.0 Å². The topological polar surface area (TPSA) is 62.4 Å². The minimum Gasteiger partial charge on any atom is -0.390 e. The van der Waals surface area contributed by atoms with E-state index in [2.05, 4.69) is 9.88 Å². The quantitative estimate of drug-likeness (QED) is 0.770. The largest absolute Gasteiger partial charge is 0.390 e. The predicted molar refractivity (Wildman–Crippen MR) is 72.2 cm³/mol. The molecule has 4 nitrogen and oxygen atoms in total. The van der Waals surface area contributed by atoms with Crippen LogP contribution in [-0.2, 0) is 0 Å². The van der Waals surface area contributed by atoms with Gasteiger partial charge in [-0.25, -0.2) is 0 Å². The maximum Gasteiger partial charge on any atom is 0.124 e. The number of nitrogens with zero attached hydrogens (tertiary/aromatic N) is 2. The number of anilines is 1. The molecular formula is C12H17N3OS. The van der Waals surface area contributed by atoms with Crippen LogP contribution in [0.25, 0.3) is 0 Å². The van der Waals surface area contributed by atoms with Gasteiger partial charge in [0.25, 0.3) is 0 Å². The Labute approximate surface area is 106 Å². The SMILES string of the molecule is CC1(O)CCN(c2cccnc2C(N)=S)CC1. The first kappa shape index (κ1) is 12.3. The number of aliphatic hydroxyl groups is 1. The molecule has 0 spiro atoms. The van der Waals surface area contributed by atoms with Gasteiger partial charge in [-0.15, -0.1) is 0 Å². The zero-order valence-corrected chi connectivity index (χ0v) is 10.7. The second-order valence-electron chi connectivity index (χ2n) is 4.72. The maximum absolute atomic E-state index is 9.92. The van der Waals surface area contributed by atoms with E-state index in [1.165, 1.54) is 0 Å². The molecule has 3 N–H and O–H groups in total. The van der Waals surface area contributed by atoms with Gasteiger partial charge >= 0.3 is 0 Å². The molecule has 1 aromatic heterocycles. The lowest BCUT2D eigenvalue weighted by atomic mass is 9.93. The Bertz CT molecular complexity index is 424. The van der Waals surface area contributed by atoms with Crippen molar-refractivity contribution >= 4 is 22.9 Å². The molecule has 5 heteroatoms. The molecule has 17 heavy (non-hydrogen) atoms. The molecule has 2 rings (SSSR count). The van der Waals surface area contributed by atoms with E-state index in [0.717, 1.165) is 31.6 Å². The van der Waals surface area contributed by atoms with Gasteiger partial charge in [-0.3, -0.25) is 4.98 Å². The van der Waals surface area contributed by atoms with E-state index in [9.17, 15) is 5.11 Å². The van der Waals surface area contributed by atoms with Crippen LogP contribution in [-0.4, -0.2) is 33.8 Å². The lowest BCUT2D eigenvalue weighted by molar-refractivity contribution is 0.0351. The van der Waals surface area contributed by atoms with Gasteiger partial charge in [0.1, 0.15) is 10.7 Å². The van der Waals surface area contributed by atoms with Crippen LogP contribution in [0.2, 0.25) is 0 Å². The average Bonchev–Trinajstić information content (AvgIpc) is 2.29. The molecule has 92 valence electrons. The van der Waals surface area contributed by atoms with Crippen LogP contribution in [0.4, 0.5) is 5.69 Å². The third kappa shape index (κ3) is 2.73. The summed E-state index contributed by atoms with van der Waals surface area (Å²) in [7, 11) is 0. The fraction of sp³-hybridized carbons (Fsp3) is 0.500. The number of nitrogens with two attached hydrogens (primary N) is 1. The summed E-state index contributed by atoms with van der Waals surface area (Å²) in [5.74, 6) is 0. The Hall–Kier alpha value is -1.20. The van der Waals surface area contributed by atoms with Crippen molar-refractivity contribution in [2.75, 3.05) is 18.0 Å². The number of aromatic nitrogens is 1. The molecule has 0 atom stereocenters. The molecule has 0 unspecified atom stereocenters. The number of thiocarbonyl (C=S) groups is 1. The van der Waals surface area contributed by atoms with Crippen LogP contribution in [0.3, 0.4) is 0 Å². The van der Waals surface area contributed by atoms with Gasteiger partial charge in [0.15, 0.2) is 0 Å². The van der Waals surface area contributed by atoms with E-state index in [1.807, 2.05) is 19.1 Å². The first-order valence-corrected chi connectivity index (χ1v) is 6.12. The number of hydrogen-bond acceptors (Lipinski definition) is 4. The summed E-state index contributed by atoms with van der Waals surface area (Å²) in [6.45, 7) is 3.48. The van der Waals surface area contributed by atoms with E-state index in [4.69, 9.17) is 18.0 Å². The van der Waals surface area contributed by atoms with E-state index >= 15 is 0 Å². The van der Waals surface area contributed by atoms with Crippen LogP contribution in [0, 0.1) is 0 Å². The molecule has 1 saturated heterocycles. The van der Waals surface area contributed by atoms with Gasteiger partial charge in [0.05, 0.1) is 11.3 Å². The molecule has 0 aliphatic carbocycles. The molecule has 0 amide bonds. The van der Waals surface area contributed by atoms with Gasteiger partial charge in [0, 0.05) is 19.3 Å². The second kappa shape index (κ2) is 4.58. The third-order valence-electron chi connectivity index (χ3n) is 3.20. The lowest BCUT2D eigenvalue weighted by Crippen LogP contribution is -2.43. The van der Waals surface area contributed by atoms with Gasteiger partial charge in [-0.05, 0) is 31.9 Å². The molecule has 1 aliphatic rings. The fourth-order valence-electron chi connectivity index (χ4n) is 2.07. The van der Waals surface area contributed by atoms with Crippen LogP contribution < -0.4 is 10.6 Å². The number of pyridine rings is 1. The molecule has 1 fully saturated rings. The molecule has 1 aromatic rings. The Kier molecular flexibility index (Phi) is 3.31. The van der Waals surface area contributed by atoms with E-state index in [0.29, 0.717) is 10.7 Å². The highest BCUT2D eigenvalue weighted by Crippen LogP contribution is 2.27. The molecule has 1 aliphatic heterocycles. The van der Waals surface area contributed by atoms with E-state index in [-0.39, 0.29) is 0 Å². The van der Waals surface area contributed by atoms with Crippen molar-refractivity contribution in [1.29, 1.82) is 0 Å². The van der Waals surface area contributed by atoms with Gasteiger partial charge in [-0.1, -0.05) is 12.2 Å². The number of rotatable bonds is 2. The minimum absolute atomic E-state index is 0.318. The Balaban J connectivity index is 2.21. The number of hydrogen-bond donors (Lipinski definition) is 2. The van der Waals surface area contributed by atoms with Crippen molar-refractivity contribution < 1.29 is 5.11 Å². The Morgan fingerprint density at radius 2 is 2.18 bits per heavy atom. The molecule has 2 heterocycles. The summed E-state index contributed by atoms with van der Waals surface area (Å²) < 4.78 is 0. The summed E-state index contributed by atoms with van der Waals surface area (Å²) in [4.78, 5) is 6.72. The lowest BCUT2D eigenvalue weighted by Gasteiger charge is -2.37.